The summed E-state index contributed by atoms with van der Waals surface area (Å²) in [6.45, 7) is 6.52. The summed E-state index contributed by atoms with van der Waals surface area (Å²) in [5.41, 5.74) is -0.0612. The second-order valence-electron chi connectivity index (χ2n) is 9.29. The van der Waals surface area contributed by atoms with Gasteiger partial charge in [0.25, 0.3) is 6.43 Å². The van der Waals surface area contributed by atoms with Crippen LogP contribution < -0.4 is 14.9 Å². The van der Waals surface area contributed by atoms with Gasteiger partial charge in [-0.3, -0.25) is 0 Å². The number of aromatic nitrogens is 4. The highest BCUT2D eigenvalue weighted by Gasteiger charge is 2.43. The van der Waals surface area contributed by atoms with Gasteiger partial charge in [0.15, 0.2) is 21.7 Å². The highest BCUT2D eigenvalue weighted by molar-refractivity contribution is 7.89. The Bertz CT molecular complexity index is 1340. The van der Waals surface area contributed by atoms with Crippen LogP contribution in [0, 0.1) is 5.82 Å². The van der Waals surface area contributed by atoms with Crippen LogP contribution in [0.25, 0.3) is 16.1 Å². The number of pyridine rings is 1. The van der Waals surface area contributed by atoms with Gasteiger partial charge in [-0.1, -0.05) is 11.3 Å². The van der Waals surface area contributed by atoms with Crippen LogP contribution in [0.2, 0.25) is 0 Å². The summed E-state index contributed by atoms with van der Waals surface area (Å²) in [6, 6.07) is 1.23. The molecule has 184 valence electrons. The Balaban J connectivity index is 1.72. The maximum atomic E-state index is 16.0. The smallest absolute Gasteiger partial charge is 0.291 e. The van der Waals surface area contributed by atoms with E-state index in [9.17, 15) is 17.2 Å². The zero-order valence-electron chi connectivity index (χ0n) is 18.7. The minimum Gasteiger partial charge on any atom is -0.351 e. The summed E-state index contributed by atoms with van der Waals surface area (Å²) >= 11 is 0.685. The molecule has 2 aliphatic rings. The van der Waals surface area contributed by atoms with Crippen molar-refractivity contribution in [3.05, 3.63) is 23.1 Å². The lowest BCUT2D eigenvalue weighted by Crippen LogP contribution is -2.55. The topological polar surface area (TPSA) is 105 Å². The molecule has 1 aliphatic carbocycles. The molecule has 0 amide bonds. The highest BCUT2D eigenvalue weighted by atomic mass is 32.2. The van der Waals surface area contributed by atoms with Gasteiger partial charge in [-0.2, -0.15) is 5.10 Å². The Hall–Kier alpha value is -2.29. The number of rotatable bonds is 6. The van der Waals surface area contributed by atoms with E-state index >= 15 is 4.39 Å². The molecule has 0 bridgehead atoms. The summed E-state index contributed by atoms with van der Waals surface area (Å²) < 4.78 is 72.6. The molecule has 5 rings (SSSR count). The van der Waals surface area contributed by atoms with Gasteiger partial charge in [0.05, 0.1) is 17.3 Å². The average molecular weight is 516 g/mol. The van der Waals surface area contributed by atoms with Gasteiger partial charge in [0.1, 0.15) is 4.90 Å². The van der Waals surface area contributed by atoms with Crippen molar-refractivity contribution in [2.24, 2.45) is 0 Å². The third kappa shape index (κ3) is 4.16. The molecule has 14 heteroatoms. The molecule has 3 aromatic heterocycles. The first-order valence-electron chi connectivity index (χ1n) is 10.8. The number of nitrogens with zero attached hydrogens (tertiary/aromatic N) is 5. The number of halogens is 3. The Kier molecular flexibility index (Phi) is 5.61. The molecule has 0 spiro atoms. The average Bonchev–Trinajstić information content (AvgIpc) is 3.14. The number of piperazine rings is 1. The number of nitrogens with one attached hydrogen (secondary N) is 2. The molecule has 1 aliphatic heterocycles. The van der Waals surface area contributed by atoms with Crippen LogP contribution in [0.15, 0.2) is 17.2 Å². The van der Waals surface area contributed by atoms with Gasteiger partial charge >= 0.3 is 0 Å². The van der Waals surface area contributed by atoms with Crippen LogP contribution >= 0.6 is 11.3 Å². The predicted octanol–water partition coefficient (Wildman–Crippen LogP) is 2.95. The third-order valence-corrected chi connectivity index (χ3v) is 8.67. The summed E-state index contributed by atoms with van der Waals surface area (Å²) in [5.74, 6) is -0.908. The van der Waals surface area contributed by atoms with Gasteiger partial charge in [0.2, 0.25) is 10.0 Å². The van der Waals surface area contributed by atoms with Crippen molar-refractivity contribution in [3.8, 4) is 10.6 Å². The fraction of sp³-hybridized carbons (Fsp3) is 0.550. The van der Waals surface area contributed by atoms with E-state index in [0.717, 1.165) is 0 Å². The van der Waals surface area contributed by atoms with Gasteiger partial charge in [0, 0.05) is 30.7 Å². The third-order valence-electron chi connectivity index (χ3n) is 6.07. The van der Waals surface area contributed by atoms with Crippen LogP contribution in [0.3, 0.4) is 0 Å². The predicted molar refractivity (Wildman–Crippen MR) is 121 cm³/mol. The Labute approximate surface area is 198 Å². The molecule has 0 radical (unpaired) electrons. The van der Waals surface area contributed by atoms with E-state index in [-0.39, 0.29) is 28.4 Å². The molecule has 1 saturated heterocycles. The second kappa shape index (κ2) is 8.14. The van der Waals surface area contributed by atoms with Gasteiger partial charge < -0.3 is 10.2 Å². The summed E-state index contributed by atoms with van der Waals surface area (Å²) in [7, 11) is -4.21. The zero-order chi connectivity index (χ0) is 24.4. The molecule has 34 heavy (non-hydrogen) atoms. The maximum Gasteiger partial charge on any atom is 0.291 e. The molecule has 1 saturated carbocycles. The number of sulfonamides is 1. The molecule has 2 fully saturated rings. The van der Waals surface area contributed by atoms with Crippen LogP contribution in [0.1, 0.15) is 45.0 Å². The standard InChI is InChI=1S/C20H24F3N7O2S2/c1-10-8-29(9-11(2)25-10)19-15(21)14(34(31,32)28-20(3)4-5-20)6-13-12(7-24-30(13)19)17-26-27-18(33-17)16(22)23/h6-7,10-11,16,25,28H,4-5,8-9H2,1-3H3/t10-,11-/m0/s1. The SMILES string of the molecule is C[C@H]1CN(c2c(F)c(S(=O)(=O)NC3(C)CC3)cc3c(-c4nnc(C(F)F)s4)cnn23)C[C@H](C)N1. The van der Waals surface area contributed by atoms with Gasteiger partial charge in [-0.05, 0) is 39.7 Å². The van der Waals surface area contributed by atoms with E-state index in [1.165, 1.54) is 16.8 Å². The van der Waals surface area contributed by atoms with Crippen molar-refractivity contribution in [2.75, 3.05) is 18.0 Å². The normalized spacial score (nSPS) is 22.6. The van der Waals surface area contributed by atoms with Gasteiger partial charge in [-0.25, -0.2) is 30.8 Å². The number of hydrogen-bond acceptors (Lipinski definition) is 8. The van der Waals surface area contributed by atoms with Gasteiger partial charge in [-0.15, -0.1) is 10.2 Å². The van der Waals surface area contributed by atoms with E-state index in [1.54, 1.807) is 11.8 Å². The monoisotopic (exact) mass is 515 g/mol. The molecular formula is C20H24F3N7O2S2. The largest absolute Gasteiger partial charge is 0.351 e. The number of hydrogen-bond donors (Lipinski definition) is 2. The number of anilines is 1. The lowest BCUT2D eigenvalue weighted by Gasteiger charge is -2.37. The van der Waals surface area contributed by atoms with Crippen molar-refractivity contribution in [1.29, 1.82) is 0 Å². The summed E-state index contributed by atoms with van der Waals surface area (Å²) in [5, 5.41) is 14.7. The van der Waals surface area contributed by atoms with Crippen molar-refractivity contribution < 1.29 is 21.6 Å². The first-order chi connectivity index (χ1) is 16.0. The number of fused-ring (bicyclic) bond motifs is 1. The minimum atomic E-state index is -4.21. The van der Waals surface area contributed by atoms with E-state index < -0.39 is 37.7 Å². The molecule has 0 unspecified atom stereocenters. The summed E-state index contributed by atoms with van der Waals surface area (Å²) in [6.07, 6.45) is -0.0943. The van der Waals surface area contributed by atoms with E-state index in [2.05, 4.69) is 25.3 Å². The van der Waals surface area contributed by atoms with Crippen molar-refractivity contribution in [3.63, 3.8) is 0 Å². The van der Waals surface area contributed by atoms with Crippen LogP contribution in [-0.4, -0.2) is 58.9 Å². The zero-order valence-corrected chi connectivity index (χ0v) is 20.4. The Morgan fingerprint density at radius 3 is 2.50 bits per heavy atom. The van der Waals surface area contributed by atoms with Crippen molar-refractivity contribution in [2.45, 2.75) is 62.6 Å². The lowest BCUT2D eigenvalue weighted by molar-refractivity contribution is 0.150. The van der Waals surface area contributed by atoms with E-state index in [1.807, 2.05) is 13.8 Å². The van der Waals surface area contributed by atoms with E-state index in [0.29, 0.717) is 42.8 Å². The second-order valence-corrected chi connectivity index (χ2v) is 11.9. The van der Waals surface area contributed by atoms with Crippen molar-refractivity contribution in [1.82, 2.24) is 29.9 Å². The van der Waals surface area contributed by atoms with E-state index in [4.69, 9.17) is 0 Å². The molecule has 4 heterocycles. The Morgan fingerprint density at radius 2 is 1.91 bits per heavy atom. The van der Waals surface area contributed by atoms with Crippen molar-refractivity contribution >= 4 is 32.7 Å². The summed E-state index contributed by atoms with van der Waals surface area (Å²) in [4.78, 5) is 1.25. The first-order valence-corrected chi connectivity index (χ1v) is 13.1. The number of alkyl halides is 2. The van der Waals surface area contributed by atoms with Crippen LogP contribution in [-0.2, 0) is 10.0 Å². The fourth-order valence-corrected chi connectivity index (χ4v) is 6.56. The molecule has 2 N–H and O–H groups in total. The molecular weight excluding hydrogens is 491 g/mol. The molecule has 0 aromatic carbocycles. The van der Waals surface area contributed by atoms with Crippen LogP contribution in [0.4, 0.5) is 19.0 Å². The fourth-order valence-electron chi connectivity index (χ4n) is 4.29. The lowest BCUT2D eigenvalue weighted by atomic mass is 10.1. The molecule has 2 atom stereocenters. The Morgan fingerprint density at radius 1 is 1.24 bits per heavy atom. The van der Waals surface area contributed by atoms with Crippen LogP contribution in [0.5, 0.6) is 0 Å². The molecule has 3 aromatic rings. The minimum absolute atomic E-state index is 0.00359. The molecule has 9 nitrogen and oxygen atoms in total. The highest BCUT2D eigenvalue weighted by Crippen LogP contribution is 2.39. The maximum absolute atomic E-state index is 16.0. The quantitative estimate of drug-likeness (QED) is 0.520. The first kappa shape index (κ1) is 23.5.